The van der Waals surface area contributed by atoms with Crippen LogP contribution in [0.4, 0.5) is 0 Å². The third kappa shape index (κ3) is 4.19. The highest BCUT2D eigenvalue weighted by atomic mass is 16.4. The first-order valence-corrected chi connectivity index (χ1v) is 5.36. The lowest BCUT2D eigenvalue weighted by Crippen LogP contribution is -2.29. The third-order valence-corrected chi connectivity index (χ3v) is 2.56. The standard InChI is InChI=1S/C11H14BNO5/c13-10(14)6-8(11(15)16)5-7-1-3-9(4-2-7)12(17)18/h1-4,8,17-18H,5-6H2,(H2,13,14)(H,15,16). The summed E-state index contributed by atoms with van der Waals surface area (Å²) in [5.74, 6) is -2.61. The van der Waals surface area contributed by atoms with Gasteiger partial charge in [0.15, 0.2) is 0 Å². The van der Waals surface area contributed by atoms with E-state index < -0.39 is 24.9 Å². The van der Waals surface area contributed by atoms with Gasteiger partial charge in [0, 0.05) is 6.42 Å². The van der Waals surface area contributed by atoms with Gasteiger partial charge in [-0.1, -0.05) is 24.3 Å². The number of aliphatic carboxylic acids is 1. The fourth-order valence-electron chi connectivity index (χ4n) is 1.60. The molecule has 0 heterocycles. The largest absolute Gasteiger partial charge is 0.488 e. The number of benzene rings is 1. The molecule has 18 heavy (non-hydrogen) atoms. The van der Waals surface area contributed by atoms with Crippen molar-refractivity contribution in [3.63, 3.8) is 0 Å². The van der Waals surface area contributed by atoms with Gasteiger partial charge >= 0.3 is 13.1 Å². The van der Waals surface area contributed by atoms with E-state index in [1.54, 1.807) is 12.1 Å². The molecule has 96 valence electrons. The highest BCUT2D eigenvalue weighted by molar-refractivity contribution is 6.58. The SMILES string of the molecule is NC(=O)CC(Cc1ccc(B(O)O)cc1)C(=O)O. The van der Waals surface area contributed by atoms with Crippen molar-refractivity contribution in [3.05, 3.63) is 29.8 Å². The second-order valence-corrected chi connectivity index (χ2v) is 4.02. The number of nitrogens with two attached hydrogens (primary N) is 1. The number of amides is 1. The summed E-state index contributed by atoms with van der Waals surface area (Å²) in [5, 5.41) is 26.7. The molecular weight excluding hydrogens is 237 g/mol. The molecule has 0 aliphatic heterocycles. The van der Waals surface area contributed by atoms with Gasteiger partial charge in [0.25, 0.3) is 0 Å². The number of hydrogen-bond donors (Lipinski definition) is 4. The summed E-state index contributed by atoms with van der Waals surface area (Å²) in [6.07, 6.45) is -0.0558. The molecule has 0 saturated heterocycles. The predicted molar refractivity (Wildman–Crippen MR) is 64.9 cm³/mol. The Balaban J connectivity index is 2.75. The van der Waals surface area contributed by atoms with Crippen molar-refractivity contribution in [2.45, 2.75) is 12.8 Å². The molecule has 0 aliphatic carbocycles. The Morgan fingerprint density at radius 1 is 1.22 bits per heavy atom. The Morgan fingerprint density at radius 2 is 1.78 bits per heavy atom. The summed E-state index contributed by atoms with van der Waals surface area (Å²) in [4.78, 5) is 21.7. The van der Waals surface area contributed by atoms with Gasteiger partial charge in [-0.2, -0.15) is 0 Å². The molecule has 7 heteroatoms. The lowest BCUT2D eigenvalue weighted by molar-refractivity contribution is -0.143. The normalized spacial score (nSPS) is 11.9. The van der Waals surface area contributed by atoms with Crippen LogP contribution in [0.2, 0.25) is 0 Å². The third-order valence-electron chi connectivity index (χ3n) is 2.56. The molecule has 0 bridgehead atoms. The molecule has 5 N–H and O–H groups in total. The fraction of sp³-hybridized carbons (Fsp3) is 0.273. The zero-order valence-electron chi connectivity index (χ0n) is 9.61. The second-order valence-electron chi connectivity index (χ2n) is 4.02. The van der Waals surface area contributed by atoms with E-state index in [0.717, 1.165) is 0 Å². The number of carbonyl (C=O) groups is 2. The Kier molecular flexibility index (Phi) is 4.88. The van der Waals surface area contributed by atoms with Crippen LogP contribution in [0.3, 0.4) is 0 Å². The molecule has 0 fully saturated rings. The lowest BCUT2D eigenvalue weighted by atomic mass is 9.79. The molecule has 0 spiro atoms. The van der Waals surface area contributed by atoms with E-state index in [1.165, 1.54) is 12.1 Å². The average molecular weight is 251 g/mol. The summed E-state index contributed by atoms with van der Waals surface area (Å²) < 4.78 is 0. The Hall–Kier alpha value is -1.86. The predicted octanol–water partition coefficient (Wildman–Crippen LogP) is -1.51. The summed E-state index contributed by atoms with van der Waals surface area (Å²) >= 11 is 0. The molecule has 0 aromatic heterocycles. The maximum atomic E-state index is 10.9. The van der Waals surface area contributed by atoms with Crippen LogP contribution in [0.15, 0.2) is 24.3 Å². The van der Waals surface area contributed by atoms with Crippen molar-refractivity contribution in [3.8, 4) is 0 Å². The minimum atomic E-state index is -1.56. The summed E-state index contributed by atoms with van der Waals surface area (Å²) in [6.45, 7) is 0. The van der Waals surface area contributed by atoms with Gasteiger partial charge in [0.2, 0.25) is 5.91 Å². The molecular formula is C11H14BNO5. The maximum absolute atomic E-state index is 10.9. The van der Waals surface area contributed by atoms with Gasteiger partial charge in [-0.05, 0) is 17.4 Å². The number of primary amides is 1. The number of carboxylic acid groups (broad SMARTS) is 1. The van der Waals surface area contributed by atoms with Crippen molar-refractivity contribution >= 4 is 24.5 Å². The van der Waals surface area contributed by atoms with Gasteiger partial charge in [0.1, 0.15) is 0 Å². The minimum Gasteiger partial charge on any atom is -0.481 e. The molecule has 6 nitrogen and oxygen atoms in total. The van der Waals surface area contributed by atoms with E-state index in [2.05, 4.69) is 0 Å². The molecule has 0 aliphatic rings. The van der Waals surface area contributed by atoms with E-state index in [-0.39, 0.29) is 12.8 Å². The van der Waals surface area contributed by atoms with Gasteiger partial charge in [-0.25, -0.2) is 0 Å². The summed E-state index contributed by atoms with van der Waals surface area (Å²) in [6, 6.07) is 6.16. The van der Waals surface area contributed by atoms with Crippen LogP contribution in [0.25, 0.3) is 0 Å². The van der Waals surface area contributed by atoms with Crippen molar-refractivity contribution in [2.75, 3.05) is 0 Å². The van der Waals surface area contributed by atoms with Crippen molar-refractivity contribution in [2.24, 2.45) is 11.7 Å². The molecule has 1 aromatic rings. The van der Waals surface area contributed by atoms with E-state index in [0.29, 0.717) is 11.0 Å². The first-order valence-electron chi connectivity index (χ1n) is 5.36. The maximum Gasteiger partial charge on any atom is 0.488 e. The molecule has 0 saturated carbocycles. The van der Waals surface area contributed by atoms with Crippen LogP contribution < -0.4 is 11.2 Å². The molecule has 1 unspecified atom stereocenters. The van der Waals surface area contributed by atoms with E-state index in [9.17, 15) is 9.59 Å². The Bertz CT molecular complexity index is 432. The molecule has 1 rings (SSSR count). The van der Waals surface area contributed by atoms with Crippen LogP contribution >= 0.6 is 0 Å². The number of carboxylic acids is 1. The molecule has 1 aromatic carbocycles. The molecule has 1 amide bonds. The second kappa shape index (κ2) is 6.18. The van der Waals surface area contributed by atoms with E-state index in [4.69, 9.17) is 20.9 Å². The van der Waals surface area contributed by atoms with Crippen LogP contribution in [0.1, 0.15) is 12.0 Å². The highest BCUT2D eigenvalue weighted by Crippen LogP contribution is 2.12. The monoisotopic (exact) mass is 251 g/mol. The highest BCUT2D eigenvalue weighted by Gasteiger charge is 2.20. The van der Waals surface area contributed by atoms with Crippen molar-refractivity contribution in [1.29, 1.82) is 0 Å². The zero-order chi connectivity index (χ0) is 13.7. The Morgan fingerprint density at radius 3 is 2.17 bits per heavy atom. The van der Waals surface area contributed by atoms with Crippen LogP contribution in [0, 0.1) is 5.92 Å². The van der Waals surface area contributed by atoms with Crippen LogP contribution in [0.5, 0.6) is 0 Å². The number of rotatable bonds is 6. The molecule has 0 radical (unpaired) electrons. The Labute approximate surface area is 104 Å². The first-order chi connectivity index (χ1) is 8.40. The topological polar surface area (TPSA) is 121 Å². The quantitative estimate of drug-likeness (QED) is 0.458. The van der Waals surface area contributed by atoms with Gasteiger partial charge < -0.3 is 20.9 Å². The van der Waals surface area contributed by atoms with Crippen LogP contribution in [-0.4, -0.2) is 34.1 Å². The van der Waals surface area contributed by atoms with E-state index >= 15 is 0 Å². The van der Waals surface area contributed by atoms with E-state index in [1.807, 2.05) is 0 Å². The summed E-state index contributed by atoms with van der Waals surface area (Å²) in [7, 11) is -1.56. The first kappa shape index (κ1) is 14.2. The lowest BCUT2D eigenvalue weighted by Gasteiger charge is -2.10. The van der Waals surface area contributed by atoms with Gasteiger partial charge in [0.05, 0.1) is 5.92 Å². The fourth-order valence-corrected chi connectivity index (χ4v) is 1.60. The number of hydrogen-bond acceptors (Lipinski definition) is 4. The summed E-state index contributed by atoms with van der Waals surface area (Å²) in [5.41, 5.74) is 5.99. The zero-order valence-corrected chi connectivity index (χ0v) is 9.61. The van der Waals surface area contributed by atoms with Crippen LogP contribution in [-0.2, 0) is 16.0 Å². The minimum absolute atomic E-state index is 0.167. The van der Waals surface area contributed by atoms with Gasteiger partial charge in [-0.15, -0.1) is 0 Å². The number of carbonyl (C=O) groups excluding carboxylic acids is 1. The average Bonchev–Trinajstić information content (AvgIpc) is 2.28. The van der Waals surface area contributed by atoms with Crippen molar-refractivity contribution in [1.82, 2.24) is 0 Å². The molecule has 1 atom stereocenters. The van der Waals surface area contributed by atoms with Crippen molar-refractivity contribution < 1.29 is 24.7 Å². The smallest absolute Gasteiger partial charge is 0.481 e. The van der Waals surface area contributed by atoms with Gasteiger partial charge in [-0.3, -0.25) is 9.59 Å².